The van der Waals surface area contributed by atoms with Crippen LogP contribution in [0.3, 0.4) is 0 Å². The van der Waals surface area contributed by atoms with E-state index in [9.17, 15) is 9.59 Å². The molecule has 0 aliphatic carbocycles. The molecule has 1 rings (SSSR count). The second-order valence-electron chi connectivity index (χ2n) is 3.69. The average molecular weight is 261 g/mol. The first-order valence-corrected chi connectivity index (χ1v) is 5.97. The van der Waals surface area contributed by atoms with E-state index in [-0.39, 0.29) is 30.8 Å². The molecule has 5 nitrogen and oxygen atoms in total. The molecule has 0 atom stereocenters. The Labute approximate surface area is 111 Å². The number of benzene rings is 1. The molecule has 0 aliphatic rings. The lowest BCUT2D eigenvalue weighted by atomic mass is 10.0. The number of carbonyl (C=O) groups excluding carboxylic acids is 2. The molecule has 1 aromatic carbocycles. The molecule has 0 saturated carbocycles. The van der Waals surface area contributed by atoms with Crippen molar-refractivity contribution in [2.24, 2.45) is 0 Å². The SMILES string of the molecule is CCOC(=O)c1cc(CC#N)cc(C(=O)OCC)c1. The van der Waals surface area contributed by atoms with Crippen LogP contribution in [-0.2, 0) is 15.9 Å². The van der Waals surface area contributed by atoms with Gasteiger partial charge < -0.3 is 9.47 Å². The molecule has 0 spiro atoms. The van der Waals surface area contributed by atoms with Crippen molar-refractivity contribution >= 4 is 11.9 Å². The largest absolute Gasteiger partial charge is 0.462 e. The van der Waals surface area contributed by atoms with Crippen LogP contribution in [0.2, 0.25) is 0 Å². The fourth-order valence-corrected chi connectivity index (χ4v) is 1.55. The van der Waals surface area contributed by atoms with Crippen LogP contribution in [0.1, 0.15) is 40.1 Å². The van der Waals surface area contributed by atoms with Gasteiger partial charge in [0.05, 0.1) is 36.8 Å². The summed E-state index contributed by atoms with van der Waals surface area (Å²) in [5.41, 5.74) is 1.08. The van der Waals surface area contributed by atoms with Crippen LogP contribution in [0.15, 0.2) is 18.2 Å². The van der Waals surface area contributed by atoms with E-state index in [2.05, 4.69) is 0 Å². The van der Waals surface area contributed by atoms with Gasteiger partial charge in [0.1, 0.15) is 0 Å². The lowest BCUT2D eigenvalue weighted by molar-refractivity contribution is 0.0525. The van der Waals surface area contributed by atoms with Crippen LogP contribution < -0.4 is 0 Å². The lowest BCUT2D eigenvalue weighted by Gasteiger charge is -2.07. The quantitative estimate of drug-likeness (QED) is 0.759. The third-order valence-electron chi connectivity index (χ3n) is 2.30. The minimum Gasteiger partial charge on any atom is -0.462 e. The summed E-state index contributed by atoms with van der Waals surface area (Å²) < 4.78 is 9.76. The number of rotatable bonds is 5. The Balaban J connectivity index is 3.14. The van der Waals surface area contributed by atoms with Gasteiger partial charge in [-0.2, -0.15) is 5.26 Å². The maximum absolute atomic E-state index is 11.7. The summed E-state index contributed by atoms with van der Waals surface area (Å²) in [6.45, 7) is 3.89. The Bertz CT molecular complexity index is 480. The zero-order valence-electron chi connectivity index (χ0n) is 10.9. The maximum atomic E-state index is 11.7. The van der Waals surface area contributed by atoms with Gasteiger partial charge in [0.25, 0.3) is 0 Å². The number of nitrogens with zero attached hydrogens (tertiary/aromatic N) is 1. The van der Waals surface area contributed by atoms with Crippen LogP contribution in [0.25, 0.3) is 0 Å². The Hall–Kier alpha value is -2.35. The summed E-state index contributed by atoms with van der Waals surface area (Å²) in [6, 6.07) is 6.48. The zero-order valence-corrected chi connectivity index (χ0v) is 10.9. The smallest absolute Gasteiger partial charge is 0.338 e. The summed E-state index contributed by atoms with van der Waals surface area (Å²) in [6.07, 6.45) is 0.111. The Morgan fingerprint density at radius 1 is 1.05 bits per heavy atom. The van der Waals surface area contributed by atoms with E-state index in [1.165, 1.54) is 6.07 Å². The Kier molecular flexibility index (Phi) is 5.55. The van der Waals surface area contributed by atoms with E-state index in [1.807, 2.05) is 6.07 Å². The molecular weight excluding hydrogens is 246 g/mol. The molecule has 100 valence electrons. The van der Waals surface area contributed by atoms with Crippen LogP contribution in [-0.4, -0.2) is 25.2 Å². The van der Waals surface area contributed by atoms with E-state index in [1.54, 1.807) is 26.0 Å². The van der Waals surface area contributed by atoms with Gasteiger partial charge in [0.15, 0.2) is 0 Å². The molecule has 0 amide bonds. The van der Waals surface area contributed by atoms with Gasteiger partial charge in [-0.15, -0.1) is 0 Å². The van der Waals surface area contributed by atoms with E-state index in [0.717, 1.165) is 0 Å². The molecule has 0 aromatic heterocycles. The van der Waals surface area contributed by atoms with Crippen LogP contribution in [0, 0.1) is 11.3 Å². The number of esters is 2. The fourth-order valence-electron chi connectivity index (χ4n) is 1.55. The normalized spacial score (nSPS) is 9.53. The maximum Gasteiger partial charge on any atom is 0.338 e. The van der Waals surface area contributed by atoms with Crippen molar-refractivity contribution in [2.75, 3.05) is 13.2 Å². The number of hydrogen-bond acceptors (Lipinski definition) is 5. The number of hydrogen-bond donors (Lipinski definition) is 0. The Morgan fingerprint density at radius 2 is 1.53 bits per heavy atom. The second kappa shape index (κ2) is 7.17. The summed E-state index contributed by atoms with van der Waals surface area (Å²) >= 11 is 0. The van der Waals surface area contributed by atoms with Crippen molar-refractivity contribution in [1.82, 2.24) is 0 Å². The highest BCUT2D eigenvalue weighted by Crippen LogP contribution is 2.13. The molecule has 19 heavy (non-hydrogen) atoms. The van der Waals surface area contributed by atoms with E-state index in [4.69, 9.17) is 14.7 Å². The fraction of sp³-hybridized carbons (Fsp3) is 0.357. The summed E-state index contributed by atoms with van der Waals surface area (Å²) in [4.78, 5) is 23.4. The highest BCUT2D eigenvalue weighted by molar-refractivity contribution is 5.95. The number of nitriles is 1. The van der Waals surface area contributed by atoms with Gasteiger partial charge in [0.2, 0.25) is 0 Å². The van der Waals surface area contributed by atoms with E-state index < -0.39 is 11.9 Å². The van der Waals surface area contributed by atoms with E-state index in [0.29, 0.717) is 5.56 Å². The van der Waals surface area contributed by atoms with Crippen molar-refractivity contribution < 1.29 is 19.1 Å². The molecule has 0 heterocycles. The highest BCUT2D eigenvalue weighted by atomic mass is 16.5. The van der Waals surface area contributed by atoms with Crippen LogP contribution >= 0.6 is 0 Å². The van der Waals surface area contributed by atoms with Crippen molar-refractivity contribution in [3.8, 4) is 6.07 Å². The molecule has 0 unspecified atom stereocenters. The first kappa shape index (κ1) is 14.7. The zero-order chi connectivity index (χ0) is 14.3. The molecule has 5 heteroatoms. The second-order valence-corrected chi connectivity index (χ2v) is 3.69. The van der Waals surface area contributed by atoms with Crippen molar-refractivity contribution in [3.63, 3.8) is 0 Å². The third kappa shape index (κ3) is 4.11. The first-order valence-electron chi connectivity index (χ1n) is 5.97. The van der Waals surface area contributed by atoms with Gasteiger partial charge in [-0.05, 0) is 37.6 Å². The van der Waals surface area contributed by atoms with Crippen LogP contribution in [0.5, 0.6) is 0 Å². The predicted molar refractivity (Wildman–Crippen MR) is 67.7 cm³/mol. The molecule has 0 radical (unpaired) electrons. The summed E-state index contributed by atoms with van der Waals surface area (Å²) in [5.74, 6) is -1.04. The molecule has 1 aromatic rings. The standard InChI is InChI=1S/C14H15NO4/c1-3-18-13(16)11-7-10(5-6-15)8-12(9-11)14(17)19-4-2/h7-9H,3-5H2,1-2H3. The first-order chi connectivity index (χ1) is 9.12. The van der Waals surface area contributed by atoms with Gasteiger partial charge in [-0.3, -0.25) is 0 Å². The van der Waals surface area contributed by atoms with Crippen molar-refractivity contribution in [2.45, 2.75) is 20.3 Å². The number of ether oxygens (including phenoxy) is 2. The van der Waals surface area contributed by atoms with Gasteiger partial charge >= 0.3 is 11.9 Å². The highest BCUT2D eigenvalue weighted by Gasteiger charge is 2.14. The monoisotopic (exact) mass is 261 g/mol. The summed E-state index contributed by atoms with van der Waals surface area (Å²) in [5, 5.41) is 8.70. The topological polar surface area (TPSA) is 76.4 Å². The average Bonchev–Trinajstić information content (AvgIpc) is 2.39. The lowest BCUT2D eigenvalue weighted by Crippen LogP contribution is -2.10. The molecule has 0 aliphatic heterocycles. The van der Waals surface area contributed by atoms with Gasteiger partial charge in [-0.25, -0.2) is 9.59 Å². The number of carbonyl (C=O) groups is 2. The van der Waals surface area contributed by atoms with Crippen molar-refractivity contribution in [1.29, 1.82) is 5.26 Å². The predicted octanol–water partition coefficient (Wildman–Crippen LogP) is 2.11. The van der Waals surface area contributed by atoms with Crippen molar-refractivity contribution in [3.05, 3.63) is 34.9 Å². The summed E-state index contributed by atoms with van der Waals surface area (Å²) in [7, 11) is 0. The third-order valence-corrected chi connectivity index (χ3v) is 2.30. The van der Waals surface area contributed by atoms with E-state index >= 15 is 0 Å². The molecule has 0 saturated heterocycles. The minimum absolute atomic E-state index is 0.111. The molecule has 0 bridgehead atoms. The van der Waals surface area contributed by atoms with Crippen LogP contribution in [0.4, 0.5) is 0 Å². The van der Waals surface area contributed by atoms with Gasteiger partial charge in [0, 0.05) is 0 Å². The molecular formula is C14H15NO4. The Morgan fingerprint density at radius 3 is 1.89 bits per heavy atom. The molecule has 0 fully saturated rings. The van der Waals surface area contributed by atoms with Gasteiger partial charge in [-0.1, -0.05) is 0 Å². The molecule has 0 N–H and O–H groups in total. The minimum atomic E-state index is -0.521.